The lowest BCUT2D eigenvalue weighted by Gasteiger charge is -2.05. The van der Waals surface area contributed by atoms with E-state index < -0.39 is 5.97 Å². The van der Waals surface area contributed by atoms with E-state index in [2.05, 4.69) is 10.2 Å². The number of ether oxygens (including phenoxy) is 1. The van der Waals surface area contributed by atoms with Crippen molar-refractivity contribution in [1.82, 2.24) is 10.2 Å². The molecule has 0 fully saturated rings. The van der Waals surface area contributed by atoms with Crippen molar-refractivity contribution in [2.75, 3.05) is 0 Å². The Kier molecular flexibility index (Phi) is 3.60. The van der Waals surface area contributed by atoms with E-state index >= 15 is 0 Å². The fraction of sp³-hybridized carbons (Fsp3) is 0.400. The molecule has 2 atom stereocenters. The predicted octanol–water partition coefficient (Wildman–Crippen LogP) is 2.40. The standard InChI is InChI=1S/C15H16N2O4/c1-9(7-14(18)19)6-13-16-17-15(21-13)12-8-10-4-2-3-5-11(10)20-12/h2-5,9,12H,6-8H2,1H3,(H,18,19). The second kappa shape index (κ2) is 5.55. The number of aliphatic carboxylic acids is 1. The number of benzene rings is 1. The molecule has 0 aliphatic carbocycles. The molecule has 1 aliphatic heterocycles. The van der Waals surface area contributed by atoms with Crippen LogP contribution in [0.1, 0.15) is 36.8 Å². The first kappa shape index (κ1) is 13.6. The quantitative estimate of drug-likeness (QED) is 0.909. The van der Waals surface area contributed by atoms with E-state index in [0.29, 0.717) is 24.6 Å². The Morgan fingerprint density at radius 1 is 1.43 bits per heavy atom. The minimum Gasteiger partial charge on any atom is -0.481 e. The summed E-state index contributed by atoms with van der Waals surface area (Å²) in [6, 6.07) is 7.83. The Balaban J connectivity index is 1.65. The molecule has 110 valence electrons. The average Bonchev–Trinajstić information content (AvgIpc) is 3.03. The number of aromatic nitrogens is 2. The molecule has 1 aromatic carbocycles. The molecule has 21 heavy (non-hydrogen) atoms. The lowest BCUT2D eigenvalue weighted by Crippen LogP contribution is -2.07. The van der Waals surface area contributed by atoms with Crippen molar-refractivity contribution >= 4 is 5.97 Å². The van der Waals surface area contributed by atoms with Crippen LogP contribution < -0.4 is 4.74 Å². The van der Waals surface area contributed by atoms with Crippen molar-refractivity contribution in [2.45, 2.75) is 32.3 Å². The summed E-state index contributed by atoms with van der Waals surface area (Å²) in [5, 5.41) is 16.8. The lowest BCUT2D eigenvalue weighted by atomic mass is 10.0. The molecule has 1 aromatic heterocycles. The number of carboxylic acid groups (broad SMARTS) is 1. The summed E-state index contributed by atoms with van der Waals surface area (Å²) in [6.07, 6.45) is 1.00. The first-order chi connectivity index (χ1) is 10.1. The average molecular weight is 288 g/mol. The predicted molar refractivity (Wildman–Crippen MR) is 72.9 cm³/mol. The van der Waals surface area contributed by atoms with Crippen LogP contribution in [-0.2, 0) is 17.6 Å². The molecule has 6 nitrogen and oxygen atoms in total. The second-order valence-corrected chi connectivity index (χ2v) is 5.36. The molecule has 0 radical (unpaired) electrons. The highest BCUT2D eigenvalue weighted by Gasteiger charge is 2.28. The number of hydrogen-bond donors (Lipinski definition) is 1. The number of carboxylic acids is 1. The molecule has 0 saturated carbocycles. The smallest absolute Gasteiger partial charge is 0.303 e. The van der Waals surface area contributed by atoms with Crippen molar-refractivity contribution in [3.63, 3.8) is 0 Å². The van der Waals surface area contributed by atoms with Gasteiger partial charge < -0.3 is 14.3 Å². The summed E-state index contributed by atoms with van der Waals surface area (Å²) < 4.78 is 11.4. The molecule has 2 heterocycles. The summed E-state index contributed by atoms with van der Waals surface area (Å²) in [5.41, 5.74) is 1.13. The van der Waals surface area contributed by atoms with Gasteiger partial charge in [-0.3, -0.25) is 4.79 Å². The Morgan fingerprint density at radius 2 is 2.24 bits per heavy atom. The van der Waals surface area contributed by atoms with Crippen molar-refractivity contribution in [1.29, 1.82) is 0 Å². The maximum Gasteiger partial charge on any atom is 0.303 e. The maximum absolute atomic E-state index is 10.7. The summed E-state index contributed by atoms with van der Waals surface area (Å²) in [7, 11) is 0. The zero-order valence-electron chi connectivity index (χ0n) is 11.7. The van der Waals surface area contributed by atoms with Crippen molar-refractivity contribution in [3.8, 4) is 5.75 Å². The van der Waals surface area contributed by atoms with Gasteiger partial charge in [-0.1, -0.05) is 25.1 Å². The van der Waals surface area contributed by atoms with Gasteiger partial charge in [-0.05, 0) is 17.5 Å². The molecular weight excluding hydrogens is 272 g/mol. The van der Waals surface area contributed by atoms with Gasteiger partial charge in [0, 0.05) is 19.3 Å². The van der Waals surface area contributed by atoms with E-state index in [4.69, 9.17) is 14.3 Å². The zero-order valence-corrected chi connectivity index (χ0v) is 11.7. The van der Waals surface area contributed by atoms with Crippen molar-refractivity contribution in [3.05, 3.63) is 41.6 Å². The highest BCUT2D eigenvalue weighted by molar-refractivity contribution is 5.66. The van der Waals surface area contributed by atoms with Gasteiger partial charge in [0.25, 0.3) is 5.89 Å². The molecule has 6 heteroatoms. The molecule has 1 aliphatic rings. The van der Waals surface area contributed by atoms with Crippen LogP contribution in [-0.4, -0.2) is 21.3 Å². The molecule has 0 saturated heterocycles. The third-order valence-electron chi connectivity index (χ3n) is 3.45. The largest absolute Gasteiger partial charge is 0.481 e. The van der Waals surface area contributed by atoms with Gasteiger partial charge in [-0.2, -0.15) is 0 Å². The second-order valence-electron chi connectivity index (χ2n) is 5.36. The maximum atomic E-state index is 10.7. The van der Waals surface area contributed by atoms with E-state index in [1.807, 2.05) is 31.2 Å². The third-order valence-corrected chi connectivity index (χ3v) is 3.45. The third kappa shape index (κ3) is 3.04. The fourth-order valence-electron chi connectivity index (χ4n) is 2.47. The summed E-state index contributed by atoms with van der Waals surface area (Å²) in [6.45, 7) is 1.85. The Bertz CT molecular complexity index is 628. The van der Waals surface area contributed by atoms with Crippen molar-refractivity contribution < 1.29 is 19.1 Å². The normalized spacial score (nSPS) is 18.0. The Labute approximate surface area is 121 Å². The van der Waals surface area contributed by atoms with Crippen molar-refractivity contribution in [2.24, 2.45) is 5.92 Å². The van der Waals surface area contributed by atoms with Gasteiger partial charge in [0.15, 0.2) is 6.10 Å². The molecule has 0 spiro atoms. The molecule has 0 amide bonds. The van der Waals surface area contributed by atoms with E-state index in [9.17, 15) is 4.79 Å². The Morgan fingerprint density at radius 3 is 3.00 bits per heavy atom. The van der Waals surface area contributed by atoms with Gasteiger partial charge in [0.1, 0.15) is 5.75 Å². The van der Waals surface area contributed by atoms with Gasteiger partial charge in [0.05, 0.1) is 0 Å². The van der Waals surface area contributed by atoms with E-state index in [-0.39, 0.29) is 18.4 Å². The van der Waals surface area contributed by atoms with Gasteiger partial charge in [-0.15, -0.1) is 10.2 Å². The van der Waals surface area contributed by atoms with Crippen LogP contribution in [0.3, 0.4) is 0 Å². The van der Waals surface area contributed by atoms with Crippen LogP contribution >= 0.6 is 0 Å². The fourth-order valence-corrected chi connectivity index (χ4v) is 2.47. The molecule has 0 bridgehead atoms. The molecule has 2 unspecified atom stereocenters. The lowest BCUT2D eigenvalue weighted by molar-refractivity contribution is -0.137. The van der Waals surface area contributed by atoms with E-state index in [0.717, 1.165) is 11.3 Å². The first-order valence-corrected chi connectivity index (χ1v) is 6.90. The minimum atomic E-state index is -0.822. The minimum absolute atomic E-state index is 0.0440. The molecule has 3 rings (SSSR count). The van der Waals surface area contributed by atoms with Crippen LogP contribution in [0, 0.1) is 5.92 Å². The number of fused-ring (bicyclic) bond motifs is 1. The summed E-state index contributed by atoms with van der Waals surface area (Å²) in [4.78, 5) is 10.7. The number of para-hydroxylation sites is 1. The van der Waals surface area contributed by atoms with Crippen LogP contribution in [0.25, 0.3) is 0 Å². The van der Waals surface area contributed by atoms with Crippen LogP contribution in [0.2, 0.25) is 0 Å². The summed E-state index contributed by atoms with van der Waals surface area (Å²) >= 11 is 0. The first-order valence-electron chi connectivity index (χ1n) is 6.90. The van der Waals surface area contributed by atoms with Crippen LogP contribution in [0.15, 0.2) is 28.7 Å². The van der Waals surface area contributed by atoms with E-state index in [1.54, 1.807) is 0 Å². The number of nitrogens with zero attached hydrogens (tertiary/aromatic N) is 2. The van der Waals surface area contributed by atoms with Gasteiger partial charge >= 0.3 is 5.97 Å². The number of carbonyl (C=O) groups is 1. The monoisotopic (exact) mass is 288 g/mol. The summed E-state index contributed by atoms with van der Waals surface area (Å²) in [5.74, 6) is 0.887. The van der Waals surface area contributed by atoms with Crippen LogP contribution in [0.4, 0.5) is 0 Å². The molecule has 1 N–H and O–H groups in total. The molecular formula is C15H16N2O4. The molecule has 2 aromatic rings. The van der Waals surface area contributed by atoms with E-state index in [1.165, 1.54) is 0 Å². The highest BCUT2D eigenvalue weighted by atomic mass is 16.5. The number of rotatable bonds is 5. The SMILES string of the molecule is CC(CC(=O)O)Cc1nnc(C2Cc3ccccc3O2)o1. The van der Waals surface area contributed by atoms with Gasteiger partial charge in [0.2, 0.25) is 5.89 Å². The topological polar surface area (TPSA) is 85.5 Å². The zero-order chi connectivity index (χ0) is 14.8. The number of hydrogen-bond acceptors (Lipinski definition) is 5. The van der Waals surface area contributed by atoms with Gasteiger partial charge in [-0.25, -0.2) is 0 Å². The Hall–Kier alpha value is -2.37. The highest BCUT2D eigenvalue weighted by Crippen LogP contribution is 2.35. The van der Waals surface area contributed by atoms with Crippen LogP contribution in [0.5, 0.6) is 5.75 Å².